The van der Waals surface area contributed by atoms with Crippen LogP contribution in [-0.2, 0) is 14.8 Å². The SMILES string of the molecule is CN1CCN(CCCNC(=O)C2CCCN(S(=O)(=O)c3cccs3)C2)CC1. The van der Waals surface area contributed by atoms with Crippen molar-refractivity contribution < 1.29 is 13.2 Å². The fourth-order valence-electron chi connectivity index (χ4n) is 3.64. The molecule has 1 unspecified atom stereocenters. The summed E-state index contributed by atoms with van der Waals surface area (Å²) in [4.78, 5) is 17.3. The van der Waals surface area contributed by atoms with E-state index < -0.39 is 10.0 Å². The van der Waals surface area contributed by atoms with Crippen LogP contribution in [0.4, 0.5) is 0 Å². The summed E-state index contributed by atoms with van der Waals surface area (Å²) in [5, 5.41) is 4.78. The minimum absolute atomic E-state index is 0.0144. The zero-order chi connectivity index (χ0) is 19.3. The van der Waals surface area contributed by atoms with Gasteiger partial charge in [-0.05, 0) is 44.3 Å². The number of piperazine rings is 1. The number of hydrogen-bond donors (Lipinski definition) is 1. The molecule has 7 nitrogen and oxygen atoms in total. The van der Waals surface area contributed by atoms with Gasteiger partial charge in [0.1, 0.15) is 4.21 Å². The van der Waals surface area contributed by atoms with Crippen LogP contribution in [0.25, 0.3) is 0 Å². The summed E-state index contributed by atoms with van der Waals surface area (Å²) in [5.41, 5.74) is 0. The van der Waals surface area contributed by atoms with E-state index in [0.29, 0.717) is 17.3 Å². The summed E-state index contributed by atoms with van der Waals surface area (Å²) in [5.74, 6) is -0.267. The zero-order valence-corrected chi connectivity index (χ0v) is 17.6. The van der Waals surface area contributed by atoms with Gasteiger partial charge in [-0.3, -0.25) is 4.79 Å². The van der Waals surface area contributed by atoms with E-state index in [-0.39, 0.29) is 18.4 Å². The second-order valence-corrected chi connectivity index (χ2v) is 10.5. The monoisotopic (exact) mass is 414 g/mol. The van der Waals surface area contributed by atoms with Crippen molar-refractivity contribution in [2.24, 2.45) is 5.92 Å². The number of nitrogens with one attached hydrogen (secondary N) is 1. The first kappa shape index (κ1) is 20.7. The number of piperidine rings is 1. The van der Waals surface area contributed by atoms with Crippen LogP contribution in [0.5, 0.6) is 0 Å². The maximum atomic E-state index is 12.7. The van der Waals surface area contributed by atoms with Crippen LogP contribution in [0, 0.1) is 5.92 Å². The third-order valence-electron chi connectivity index (χ3n) is 5.39. The Morgan fingerprint density at radius 3 is 2.74 bits per heavy atom. The van der Waals surface area contributed by atoms with Crippen molar-refractivity contribution in [2.75, 3.05) is 59.4 Å². The lowest BCUT2D eigenvalue weighted by atomic mass is 9.99. The predicted molar refractivity (Wildman–Crippen MR) is 107 cm³/mol. The lowest BCUT2D eigenvalue weighted by Gasteiger charge is -2.32. The number of nitrogens with zero attached hydrogens (tertiary/aromatic N) is 3. The molecule has 1 atom stereocenters. The minimum atomic E-state index is -3.47. The Bertz CT molecular complexity index is 700. The van der Waals surface area contributed by atoms with Crippen LogP contribution in [-0.4, -0.2) is 87.8 Å². The first-order chi connectivity index (χ1) is 13.0. The highest BCUT2D eigenvalue weighted by molar-refractivity contribution is 7.91. The third kappa shape index (κ3) is 5.51. The molecular weight excluding hydrogens is 384 g/mol. The van der Waals surface area contributed by atoms with Crippen molar-refractivity contribution in [3.8, 4) is 0 Å². The van der Waals surface area contributed by atoms with Crippen LogP contribution in [0.15, 0.2) is 21.7 Å². The molecule has 0 bridgehead atoms. The number of hydrogen-bond acceptors (Lipinski definition) is 6. The lowest BCUT2D eigenvalue weighted by Crippen LogP contribution is -2.46. The first-order valence-electron chi connectivity index (χ1n) is 9.69. The van der Waals surface area contributed by atoms with Gasteiger partial charge in [0.25, 0.3) is 10.0 Å². The molecule has 3 rings (SSSR count). The van der Waals surface area contributed by atoms with Gasteiger partial charge in [-0.25, -0.2) is 8.42 Å². The Hall–Kier alpha value is -1.00. The molecule has 3 heterocycles. The maximum Gasteiger partial charge on any atom is 0.252 e. The van der Waals surface area contributed by atoms with Crippen molar-refractivity contribution in [1.29, 1.82) is 0 Å². The third-order valence-corrected chi connectivity index (χ3v) is 8.63. The van der Waals surface area contributed by atoms with Crippen LogP contribution in [0.2, 0.25) is 0 Å². The first-order valence-corrected chi connectivity index (χ1v) is 12.0. The molecule has 1 amide bonds. The summed E-state index contributed by atoms with van der Waals surface area (Å²) < 4.78 is 27.2. The number of sulfonamides is 1. The molecule has 0 radical (unpaired) electrons. The largest absolute Gasteiger partial charge is 0.356 e. The number of thiophene rings is 1. The number of amides is 1. The highest BCUT2D eigenvalue weighted by Crippen LogP contribution is 2.26. The number of carbonyl (C=O) groups excluding carboxylic acids is 1. The van der Waals surface area contributed by atoms with E-state index >= 15 is 0 Å². The van der Waals surface area contributed by atoms with Gasteiger partial charge in [-0.15, -0.1) is 11.3 Å². The van der Waals surface area contributed by atoms with Gasteiger partial charge in [0.2, 0.25) is 5.91 Å². The average molecular weight is 415 g/mol. The number of carbonyl (C=O) groups is 1. The van der Waals surface area contributed by atoms with Crippen molar-refractivity contribution in [3.63, 3.8) is 0 Å². The highest BCUT2D eigenvalue weighted by Gasteiger charge is 2.33. The number of likely N-dealkylation sites (N-methyl/N-ethyl adjacent to an activating group) is 1. The molecule has 2 fully saturated rings. The van der Waals surface area contributed by atoms with Gasteiger partial charge in [-0.1, -0.05) is 6.07 Å². The molecule has 2 aliphatic rings. The Morgan fingerprint density at radius 2 is 2.04 bits per heavy atom. The molecule has 0 saturated carbocycles. The average Bonchev–Trinajstić information content (AvgIpc) is 3.22. The second kappa shape index (κ2) is 9.47. The molecule has 0 aromatic carbocycles. The van der Waals surface area contributed by atoms with Gasteiger partial charge in [0, 0.05) is 45.8 Å². The van der Waals surface area contributed by atoms with Crippen LogP contribution in [0.1, 0.15) is 19.3 Å². The predicted octanol–water partition coefficient (Wildman–Crippen LogP) is 0.903. The minimum Gasteiger partial charge on any atom is -0.356 e. The molecular formula is C18H30N4O3S2. The summed E-state index contributed by atoms with van der Waals surface area (Å²) in [6, 6.07) is 3.37. The van der Waals surface area contributed by atoms with E-state index in [9.17, 15) is 13.2 Å². The van der Waals surface area contributed by atoms with E-state index in [1.54, 1.807) is 17.5 Å². The summed E-state index contributed by atoms with van der Waals surface area (Å²) >= 11 is 1.23. The molecule has 2 saturated heterocycles. The van der Waals surface area contributed by atoms with Crippen LogP contribution < -0.4 is 5.32 Å². The molecule has 2 aliphatic heterocycles. The number of rotatable bonds is 7. The topological polar surface area (TPSA) is 73.0 Å². The molecule has 0 spiro atoms. The molecule has 0 aliphatic carbocycles. The van der Waals surface area contributed by atoms with E-state index in [2.05, 4.69) is 22.2 Å². The molecule has 27 heavy (non-hydrogen) atoms. The Labute approximate surface area is 166 Å². The van der Waals surface area contributed by atoms with Crippen molar-refractivity contribution >= 4 is 27.3 Å². The van der Waals surface area contributed by atoms with Crippen LogP contribution >= 0.6 is 11.3 Å². The Kier molecular flexibility index (Phi) is 7.27. The van der Waals surface area contributed by atoms with E-state index in [1.165, 1.54) is 15.6 Å². The zero-order valence-electron chi connectivity index (χ0n) is 16.0. The fraction of sp³-hybridized carbons (Fsp3) is 0.722. The lowest BCUT2D eigenvalue weighted by molar-refractivity contribution is -0.126. The van der Waals surface area contributed by atoms with Gasteiger partial charge in [0.15, 0.2) is 0 Å². The summed E-state index contributed by atoms with van der Waals surface area (Å²) in [6.07, 6.45) is 2.41. The molecule has 1 N–H and O–H groups in total. The molecule has 152 valence electrons. The van der Waals surface area contributed by atoms with Crippen molar-refractivity contribution in [3.05, 3.63) is 17.5 Å². The molecule has 1 aromatic heterocycles. The van der Waals surface area contributed by atoms with Gasteiger partial charge >= 0.3 is 0 Å². The van der Waals surface area contributed by atoms with Gasteiger partial charge in [-0.2, -0.15) is 4.31 Å². The normalized spacial score (nSPS) is 23.4. The Morgan fingerprint density at radius 1 is 1.26 bits per heavy atom. The molecule has 1 aromatic rings. The second-order valence-electron chi connectivity index (χ2n) is 7.42. The maximum absolute atomic E-state index is 12.7. The van der Waals surface area contributed by atoms with Crippen LogP contribution in [0.3, 0.4) is 0 Å². The van der Waals surface area contributed by atoms with E-state index in [0.717, 1.165) is 52.0 Å². The summed E-state index contributed by atoms with van der Waals surface area (Å²) in [7, 11) is -1.33. The standard InChI is InChI=1S/C18H30N4O3S2/c1-20-10-12-21(13-11-20)8-4-7-19-18(23)16-5-2-9-22(15-16)27(24,25)17-6-3-14-26-17/h3,6,14,16H,2,4-5,7-13,15H2,1H3,(H,19,23). The van der Waals surface area contributed by atoms with E-state index in [1.807, 2.05) is 0 Å². The van der Waals surface area contributed by atoms with E-state index in [4.69, 9.17) is 0 Å². The summed E-state index contributed by atoms with van der Waals surface area (Å²) in [6.45, 7) is 6.80. The highest BCUT2D eigenvalue weighted by atomic mass is 32.2. The smallest absolute Gasteiger partial charge is 0.252 e. The van der Waals surface area contributed by atoms with Crippen molar-refractivity contribution in [1.82, 2.24) is 19.4 Å². The molecule has 9 heteroatoms. The Balaban J connectivity index is 1.42. The van der Waals surface area contributed by atoms with Gasteiger partial charge < -0.3 is 15.1 Å². The van der Waals surface area contributed by atoms with Crippen molar-refractivity contribution in [2.45, 2.75) is 23.5 Å². The quantitative estimate of drug-likeness (QED) is 0.671. The van der Waals surface area contributed by atoms with Gasteiger partial charge in [0.05, 0.1) is 5.92 Å². The fourth-order valence-corrected chi connectivity index (χ4v) is 6.31.